The van der Waals surface area contributed by atoms with Gasteiger partial charge in [0.2, 0.25) is 0 Å². The quantitative estimate of drug-likeness (QED) is 0.481. The molecule has 1 aliphatic heterocycles. The van der Waals surface area contributed by atoms with Crippen LogP contribution in [0, 0.1) is 6.92 Å². The van der Waals surface area contributed by atoms with Gasteiger partial charge in [-0.2, -0.15) is 0 Å². The van der Waals surface area contributed by atoms with Crippen LogP contribution in [0.25, 0.3) is 6.08 Å². The molecule has 0 unspecified atom stereocenters. The molecule has 0 aliphatic carbocycles. The summed E-state index contributed by atoms with van der Waals surface area (Å²) in [5, 5.41) is 5.24. The summed E-state index contributed by atoms with van der Waals surface area (Å²) in [6.07, 6.45) is 1.43. The van der Waals surface area contributed by atoms with Crippen LogP contribution in [0.3, 0.4) is 0 Å². The molecule has 0 bridgehead atoms. The Morgan fingerprint density at radius 2 is 1.73 bits per heavy atom. The summed E-state index contributed by atoms with van der Waals surface area (Å²) in [6.45, 7) is 2.36. The molecule has 5 nitrogen and oxygen atoms in total. The summed E-state index contributed by atoms with van der Waals surface area (Å²) in [7, 11) is 0. The van der Waals surface area contributed by atoms with Crippen molar-refractivity contribution in [2.75, 3.05) is 0 Å². The predicted molar refractivity (Wildman–Crippen MR) is 104 cm³/mol. The van der Waals surface area contributed by atoms with Crippen molar-refractivity contribution in [3.05, 3.63) is 69.8 Å². The van der Waals surface area contributed by atoms with Gasteiger partial charge < -0.3 is 4.74 Å². The van der Waals surface area contributed by atoms with Gasteiger partial charge in [-0.05, 0) is 49.0 Å². The zero-order valence-corrected chi connectivity index (χ0v) is 15.4. The van der Waals surface area contributed by atoms with Gasteiger partial charge in [0, 0.05) is 10.6 Å². The number of aryl methyl sites for hydroxylation is 1. The fourth-order valence-electron chi connectivity index (χ4n) is 2.37. The fourth-order valence-corrected chi connectivity index (χ4v) is 2.74. The lowest BCUT2D eigenvalue weighted by Crippen LogP contribution is -2.51. The molecule has 1 saturated heterocycles. The number of hydrogen-bond acceptors (Lipinski definition) is 4. The summed E-state index contributed by atoms with van der Waals surface area (Å²) in [5.41, 5.74) is 2.62. The summed E-state index contributed by atoms with van der Waals surface area (Å²) in [4.78, 5) is 24.1. The minimum atomic E-state index is -0.566. The molecular weight excluding hydrogens is 372 g/mol. The zero-order valence-electron chi connectivity index (χ0n) is 13.8. The summed E-state index contributed by atoms with van der Waals surface area (Å²) in [5.74, 6) is -0.623. The average Bonchev–Trinajstić information content (AvgIpc) is 2.58. The summed E-state index contributed by atoms with van der Waals surface area (Å²) in [6, 6.07) is 13.0. The van der Waals surface area contributed by atoms with Crippen molar-refractivity contribution in [2.45, 2.75) is 13.5 Å². The molecule has 2 N–H and O–H groups in total. The van der Waals surface area contributed by atoms with Gasteiger partial charge in [-0.25, -0.2) is 0 Å². The number of rotatable bonds is 4. The van der Waals surface area contributed by atoms with Crippen LogP contribution in [0.15, 0.2) is 48.0 Å². The Balaban J connectivity index is 1.87. The van der Waals surface area contributed by atoms with Crippen molar-refractivity contribution in [1.82, 2.24) is 10.6 Å². The number of thiocarbonyl (C=S) groups is 1. The van der Waals surface area contributed by atoms with Crippen molar-refractivity contribution in [3.63, 3.8) is 0 Å². The Morgan fingerprint density at radius 1 is 1.08 bits per heavy atom. The number of amides is 2. The molecule has 26 heavy (non-hydrogen) atoms. The Kier molecular flexibility index (Phi) is 5.35. The van der Waals surface area contributed by atoms with Crippen molar-refractivity contribution < 1.29 is 14.3 Å². The molecule has 0 spiro atoms. The van der Waals surface area contributed by atoms with Crippen LogP contribution in [0.4, 0.5) is 0 Å². The molecule has 1 fully saturated rings. The van der Waals surface area contributed by atoms with Gasteiger partial charge in [-0.3, -0.25) is 20.2 Å². The van der Waals surface area contributed by atoms with E-state index in [1.54, 1.807) is 18.2 Å². The average molecular weight is 387 g/mol. The molecule has 0 atom stereocenters. The Bertz CT molecular complexity index is 901. The number of hydrogen-bond donors (Lipinski definition) is 2. The van der Waals surface area contributed by atoms with Gasteiger partial charge in [0.05, 0.1) is 0 Å². The van der Waals surface area contributed by atoms with Crippen LogP contribution >= 0.6 is 23.8 Å². The molecule has 0 saturated carbocycles. The second-order valence-corrected chi connectivity index (χ2v) is 6.60. The molecule has 2 aromatic rings. The Hall–Kier alpha value is -2.70. The van der Waals surface area contributed by atoms with Crippen molar-refractivity contribution in [1.29, 1.82) is 0 Å². The number of ether oxygens (including phenoxy) is 1. The van der Waals surface area contributed by atoms with E-state index in [2.05, 4.69) is 10.6 Å². The molecule has 132 valence electrons. The van der Waals surface area contributed by atoms with Crippen LogP contribution in [0.1, 0.15) is 16.7 Å². The highest BCUT2D eigenvalue weighted by Crippen LogP contribution is 2.26. The highest BCUT2D eigenvalue weighted by molar-refractivity contribution is 7.80. The molecule has 7 heteroatoms. The minimum absolute atomic E-state index is 0.0147. The van der Waals surface area contributed by atoms with E-state index in [4.69, 9.17) is 28.6 Å². The van der Waals surface area contributed by atoms with E-state index in [0.29, 0.717) is 22.9 Å². The lowest BCUT2D eigenvalue weighted by molar-refractivity contribution is -0.123. The maximum Gasteiger partial charge on any atom is 0.263 e. The van der Waals surface area contributed by atoms with Crippen LogP contribution in [0.2, 0.25) is 5.02 Å². The van der Waals surface area contributed by atoms with E-state index in [1.165, 1.54) is 6.08 Å². The van der Waals surface area contributed by atoms with E-state index >= 15 is 0 Å². The monoisotopic (exact) mass is 386 g/mol. The molecule has 0 radical (unpaired) electrons. The lowest BCUT2D eigenvalue weighted by atomic mass is 10.1. The smallest absolute Gasteiger partial charge is 0.263 e. The van der Waals surface area contributed by atoms with Gasteiger partial charge in [-0.15, -0.1) is 0 Å². The molecule has 1 heterocycles. The molecule has 2 aromatic carbocycles. The van der Waals surface area contributed by atoms with E-state index in [-0.39, 0.29) is 10.7 Å². The summed E-state index contributed by atoms with van der Waals surface area (Å²) >= 11 is 10.9. The normalized spacial score (nSPS) is 13.9. The first kappa shape index (κ1) is 18.1. The van der Waals surface area contributed by atoms with Gasteiger partial charge in [0.25, 0.3) is 11.8 Å². The fraction of sp³-hybridized carbons (Fsp3) is 0.105. The first-order chi connectivity index (χ1) is 12.4. The second-order valence-electron chi connectivity index (χ2n) is 5.75. The van der Waals surface area contributed by atoms with E-state index in [1.807, 2.05) is 31.2 Å². The SMILES string of the molecule is Cc1ccc(COc2ccc(Cl)cc2C=C2C(=O)NC(=S)NC2=O)cc1. The number of nitrogens with one attached hydrogen (secondary N) is 2. The standard InChI is InChI=1S/C19H15ClN2O3S/c1-11-2-4-12(5-3-11)10-25-16-7-6-14(20)8-13(16)9-15-17(23)21-19(26)22-18(15)24/h2-9H,10H2,1H3,(H2,21,22,23,24,26). The first-order valence-electron chi connectivity index (χ1n) is 7.78. The third-order valence-electron chi connectivity index (χ3n) is 3.73. The molecule has 3 rings (SSSR count). The van der Waals surface area contributed by atoms with Crippen LogP contribution < -0.4 is 15.4 Å². The van der Waals surface area contributed by atoms with Crippen molar-refractivity contribution in [3.8, 4) is 5.75 Å². The minimum Gasteiger partial charge on any atom is -0.488 e. The molecule has 1 aliphatic rings. The number of benzene rings is 2. The number of carbonyl (C=O) groups is 2. The van der Waals surface area contributed by atoms with E-state index in [9.17, 15) is 9.59 Å². The topological polar surface area (TPSA) is 67.4 Å². The Morgan fingerprint density at radius 3 is 2.38 bits per heavy atom. The van der Waals surface area contributed by atoms with Crippen molar-refractivity contribution >= 4 is 46.8 Å². The van der Waals surface area contributed by atoms with E-state index < -0.39 is 11.8 Å². The van der Waals surface area contributed by atoms with Crippen molar-refractivity contribution in [2.24, 2.45) is 0 Å². The molecular formula is C19H15ClN2O3S. The van der Waals surface area contributed by atoms with Gasteiger partial charge in [0.15, 0.2) is 5.11 Å². The highest BCUT2D eigenvalue weighted by Gasteiger charge is 2.26. The van der Waals surface area contributed by atoms with Crippen LogP contribution in [0.5, 0.6) is 5.75 Å². The van der Waals surface area contributed by atoms with E-state index in [0.717, 1.165) is 11.1 Å². The number of halogens is 1. The Labute approximate surface area is 161 Å². The third kappa shape index (κ3) is 4.28. The first-order valence-corrected chi connectivity index (χ1v) is 8.57. The maximum absolute atomic E-state index is 12.0. The largest absolute Gasteiger partial charge is 0.488 e. The highest BCUT2D eigenvalue weighted by atomic mass is 35.5. The second kappa shape index (κ2) is 7.68. The van der Waals surface area contributed by atoms with Gasteiger partial charge in [-0.1, -0.05) is 41.4 Å². The zero-order chi connectivity index (χ0) is 18.7. The molecule has 0 aromatic heterocycles. The van der Waals surface area contributed by atoms with Crippen LogP contribution in [-0.4, -0.2) is 16.9 Å². The van der Waals surface area contributed by atoms with Gasteiger partial charge in [0.1, 0.15) is 17.9 Å². The van der Waals surface area contributed by atoms with Gasteiger partial charge >= 0.3 is 0 Å². The predicted octanol–water partition coefficient (Wildman–Crippen LogP) is 3.14. The van der Waals surface area contributed by atoms with Crippen LogP contribution in [-0.2, 0) is 16.2 Å². The summed E-state index contributed by atoms with van der Waals surface area (Å²) < 4.78 is 5.86. The maximum atomic E-state index is 12.0. The molecule has 2 amide bonds. The third-order valence-corrected chi connectivity index (χ3v) is 4.17. The lowest BCUT2D eigenvalue weighted by Gasteiger charge is -2.17. The number of carbonyl (C=O) groups excluding carboxylic acids is 2.